The smallest absolute Gasteiger partial charge is 0.207 e. The molecule has 0 aliphatic rings. The number of halogens is 2. The van der Waals surface area contributed by atoms with Gasteiger partial charge in [-0.2, -0.15) is 0 Å². The average molecular weight is 218 g/mol. The Morgan fingerprint density at radius 2 is 1.85 bits per heavy atom. The molecule has 0 bridgehead atoms. The van der Waals surface area contributed by atoms with Crippen LogP contribution in [-0.4, -0.2) is 13.0 Å². The number of benzene rings is 1. The molecule has 0 fully saturated rings. The van der Waals surface area contributed by atoms with Gasteiger partial charge in [0.05, 0.1) is 0 Å². The first-order valence-electron chi connectivity index (χ1n) is 3.84. The van der Waals surface area contributed by atoms with Crippen molar-refractivity contribution >= 4 is 29.6 Å². The van der Waals surface area contributed by atoms with Gasteiger partial charge in [-0.3, -0.25) is 4.79 Å². The van der Waals surface area contributed by atoms with Gasteiger partial charge in [0.2, 0.25) is 6.41 Å². The highest BCUT2D eigenvalue weighted by Crippen LogP contribution is 2.18. The molecule has 13 heavy (non-hydrogen) atoms. The molecule has 0 saturated heterocycles. The van der Waals surface area contributed by atoms with Crippen molar-refractivity contribution in [1.29, 1.82) is 0 Å². The number of amides is 1. The highest BCUT2D eigenvalue weighted by Gasteiger charge is 1.97. The maximum Gasteiger partial charge on any atom is 0.207 e. The number of carbonyl (C=O) groups is 1. The molecule has 1 aromatic rings. The summed E-state index contributed by atoms with van der Waals surface area (Å²) >= 11 is 11.6. The van der Waals surface area contributed by atoms with Crippen molar-refractivity contribution < 1.29 is 4.79 Å². The molecule has 2 nitrogen and oxygen atoms in total. The summed E-state index contributed by atoms with van der Waals surface area (Å²) in [4.78, 5) is 9.97. The van der Waals surface area contributed by atoms with E-state index in [2.05, 4.69) is 5.32 Å². The fourth-order valence-electron chi connectivity index (χ4n) is 1.03. The Hall–Kier alpha value is -0.730. The van der Waals surface area contributed by atoms with Crippen LogP contribution in [0.2, 0.25) is 10.0 Å². The minimum Gasteiger partial charge on any atom is -0.358 e. The Kier molecular flexibility index (Phi) is 4.06. The van der Waals surface area contributed by atoms with Crippen LogP contribution in [0.15, 0.2) is 18.2 Å². The average Bonchev–Trinajstić information content (AvgIpc) is 2.03. The van der Waals surface area contributed by atoms with Crippen molar-refractivity contribution in [3.63, 3.8) is 0 Å². The quantitative estimate of drug-likeness (QED) is 0.609. The molecular weight excluding hydrogens is 209 g/mol. The van der Waals surface area contributed by atoms with Crippen LogP contribution in [0, 0.1) is 0 Å². The summed E-state index contributed by atoms with van der Waals surface area (Å²) in [5, 5.41) is 3.81. The largest absolute Gasteiger partial charge is 0.358 e. The Morgan fingerprint density at radius 3 is 2.38 bits per heavy atom. The molecule has 0 unspecified atom stereocenters. The highest BCUT2D eigenvalue weighted by molar-refractivity contribution is 6.34. The molecule has 1 N–H and O–H groups in total. The Bertz CT molecular complexity index is 281. The SMILES string of the molecule is O=CNCCc1cc(Cl)cc(Cl)c1. The van der Waals surface area contributed by atoms with Crippen LogP contribution < -0.4 is 5.32 Å². The third kappa shape index (κ3) is 3.66. The second-order valence-electron chi connectivity index (χ2n) is 2.60. The number of hydrogen-bond acceptors (Lipinski definition) is 1. The molecule has 1 aromatic carbocycles. The zero-order chi connectivity index (χ0) is 9.68. The third-order valence-electron chi connectivity index (χ3n) is 1.56. The van der Waals surface area contributed by atoms with Gasteiger partial charge in [-0.1, -0.05) is 23.2 Å². The van der Waals surface area contributed by atoms with Gasteiger partial charge in [0.15, 0.2) is 0 Å². The zero-order valence-corrected chi connectivity index (χ0v) is 8.40. The molecule has 0 aliphatic carbocycles. The summed E-state index contributed by atoms with van der Waals surface area (Å²) in [6, 6.07) is 5.35. The van der Waals surface area contributed by atoms with Crippen LogP contribution in [0.4, 0.5) is 0 Å². The molecule has 0 spiro atoms. The second-order valence-corrected chi connectivity index (χ2v) is 3.47. The summed E-state index contributed by atoms with van der Waals surface area (Å²) < 4.78 is 0. The van der Waals surface area contributed by atoms with E-state index in [0.717, 1.165) is 12.0 Å². The number of hydrogen-bond donors (Lipinski definition) is 1. The molecule has 0 atom stereocenters. The zero-order valence-electron chi connectivity index (χ0n) is 6.89. The summed E-state index contributed by atoms with van der Waals surface area (Å²) in [5.74, 6) is 0. The fraction of sp³-hybridized carbons (Fsp3) is 0.222. The van der Waals surface area contributed by atoms with Gasteiger partial charge in [0.25, 0.3) is 0 Å². The third-order valence-corrected chi connectivity index (χ3v) is 2.00. The first-order valence-corrected chi connectivity index (χ1v) is 4.60. The maximum absolute atomic E-state index is 9.97. The molecule has 1 rings (SSSR count). The second kappa shape index (κ2) is 5.10. The Morgan fingerprint density at radius 1 is 1.23 bits per heavy atom. The van der Waals surface area contributed by atoms with Crippen LogP contribution in [0.25, 0.3) is 0 Å². The van der Waals surface area contributed by atoms with Gasteiger partial charge in [-0.15, -0.1) is 0 Å². The van der Waals surface area contributed by atoms with E-state index >= 15 is 0 Å². The van der Waals surface area contributed by atoms with Crippen molar-refractivity contribution in [2.24, 2.45) is 0 Å². The lowest BCUT2D eigenvalue weighted by molar-refractivity contribution is -0.109. The van der Waals surface area contributed by atoms with Crippen molar-refractivity contribution in [1.82, 2.24) is 5.32 Å². The van der Waals surface area contributed by atoms with E-state index < -0.39 is 0 Å². The van der Waals surface area contributed by atoms with E-state index in [1.54, 1.807) is 6.07 Å². The minimum atomic E-state index is 0.597. The number of rotatable bonds is 4. The maximum atomic E-state index is 9.97. The molecule has 1 amide bonds. The molecule has 0 radical (unpaired) electrons. The minimum absolute atomic E-state index is 0.597. The molecule has 70 valence electrons. The first kappa shape index (κ1) is 10.4. The lowest BCUT2D eigenvalue weighted by Crippen LogP contribution is -2.14. The van der Waals surface area contributed by atoms with Gasteiger partial charge >= 0.3 is 0 Å². The summed E-state index contributed by atoms with van der Waals surface area (Å²) in [7, 11) is 0. The van der Waals surface area contributed by atoms with Crippen molar-refractivity contribution in [2.75, 3.05) is 6.54 Å². The Balaban J connectivity index is 2.60. The first-order chi connectivity index (χ1) is 6.22. The molecule has 4 heteroatoms. The lowest BCUT2D eigenvalue weighted by Gasteiger charge is -2.02. The van der Waals surface area contributed by atoms with Crippen LogP contribution in [0.1, 0.15) is 5.56 Å². The van der Waals surface area contributed by atoms with Gasteiger partial charge in [-0.05, 0) is 30.2 Å². The summed E-state index contributed by atoms with van der Waals surface area (Å²) in [5.41, 5.74) is 1.02. The van der Waals surface area contributed by atoms with E-state index in [-0.39, 0.29) is 0 Å². The van der Waals surface area contributed by atoms with Gasteiger partial charge < -0.3 is 5.32 Å². The standard InChI is InChI=1S/C9H9Cl2NO/c10-8-3-7(1-2-12-6-13)4-9(11)5-8/h3-6H,1-2H2,(H,12,13). The van der Waals surface area contributed by atoms with Crippen molar-refractivity contribution in [2.45, 2.75) is 6.42 Å². The van der Waals surface area contributed by atoms with Crippen LogP contribution >= 0.6 is 23.2 Å². The predicted octanol–water partition coefficient (Wildman–Crippen LogP) is 2.28. The number of nitrogens with one attached hydrogen (secondary N) is 1. The van der Waals surface area contributed by atoms with E-state index in [0.29, 0.717) is 23.0 Å². The molecule has 0 aromatic heterocycles. The Labute approximate surface area is 86.8 Å². The van der Waals surface area contributed by atoms with E-state index in [4.69, 9.17) is 23.2 Å². The summed E-state index contributed by atoms with van der Waals surface area (Å²) in [6.07, 6.45) is 1.41. The molecule has 0 saturated carbocycles. The summed E-state index contributed by atoms with van der Waals surface area (Å²) in [6.45, 7) is 0.597. The molecule has 0 heterocycles. The molecular formula is C9H9Cl2NO. The van der Waals surface area contributed by atoms with Gasteiger partial charge in [0, 0.05) is 16.6 Å². The van der Waals surface area contributed by atoms with Crippen molar-refractivity contribution in [3.05, 3.63) is 33.8 Å². The van der Waals surface area contributed by atoms with Gasteiger partial charge in [-0.25, -0.2) is 0 Å². The number of carbonyl (C=O) groups excluding carboxylic acids is 1. The topological polar surface area (TPSA) is 29.1 Å². The van der Waals surface area contributed by atoms with E-state index in [1.807, 2.05) is 12.1 Å². The fourth-order valence-corrected chi connectivity index (χ4v) is 1.60. The highest BCUT2D eigenvalue weighted by atomic mass is 35.5. The van der Waals surface area contributed by atoms with Gasteiger partial charge in [0.1, 0.15) is 0 Å². The normalized spacial score (nSPS) is 9.69. The van der Waals surface area contributed by atoms with Crippen LogP contribution in [0.5, 0.6) is 0 Å². The van der Waals surface area contributed by atoms with Crippen molar-refractivity contribution in [3.8, 4) is 0 Å². The molecule has 0 aliphatic heterocycles. The predicted molar refractivity (Wildman–Crippen MR) is 54.2 cm³/mol. The van der Waals surface area contributed by atoms with E-state index in [1.165, 1.54) is 0 Å². The van der Waals surface area contributed by atoms with Crippen LogP contribution in [0.3, 0.4) is 0 Å². The van der Waals surface area contributed by atoms with E-state index in [9.17, 15) is 4.79 Å². The monoisotopic (exact) mass is 217 g/mol. The van der Waals surface area contributed by atoms with Crippen LogP contribution in [-0.2, 0) is 11.2 Å². The lowest BCUT2D eigenvalue weighted by atomic mass is 10.1.